The van der Waals surface area contributed by atoms with Gasteiger partial charge in [-0.05, 0) is 38.5 Å². The van der Waals surface area contributed by atoms with Crippen LogP contribution in [0.15, 0.2) is 0 Å². The van der Waals surface area contributed by atoms with Crippen molar-refractivity contribution in [3.63, 3.8) is 0 Å². The molecule has 12 heavy (non-hydrogen) atoms. The summed E-state index contributed by atoms with van der Waals surface area (Å²) in [6.07, 6.45) is 2.74. The average molecular weight is 168 g/mol. The molecule has 2 aliphatic rings. The summed E-state index contributed by atoms with van der Waals surface area (Å²) in [5.41, 5.74) is 6.12. The minimum absolute atomic E-state index is 0.514. The zero-order valence-corrected chi connectivity index (χ0v) is 8.16. The molecular weight excluding hydrogens is 148 g/mol. The van der Waals surface area contributed by atoms with Gasteiger partial charge in [0.25, 0.3) is 0 Å². The number of likely N-dealkylation sites (tertiary alicyclic amines) is 1. The zero-order valence-electron chi connectivity index (χ0n) is 8.16. The number of rotatable bonds is 1. The summed E-state index contributed by atoms with van der Waals surface area (Å²) in [6.45, 7) is 7.07. The van der Waals surface area contributed by atoms with Gasteiger partial charge < -0.3 is 10.6 Å². The SMILES string of the molecule is CC(C)N1C[C@H]2CC[C@@H](C1)[C@@H]2N. The first-order valence-corrected chi connectivity index (χ1v) is 5.18. The van der Waals surface area contributed by atoms with Crippen LogP contribution < -0.4 is 5.73 Å². The molecule has 2 bridgehead atoms. The van der Waals surface area contributed by atoms with Crippen LogP contribution in [0.4, 0.5) is 0 Å². The lowest BCUT2D eigenvalue weighted by atomic mass is 9.92. The maximum absolute atomic E-state index is 6.12. The monoisotopic (exact) mass is 168 g/mol. The standard InChI is InChI=1S/C10H20N2/c1-7(2)12-5-8-3-4-9(6-12)10(8)11/h7-10H,3-6,11H2,1-2H3/t8-,9+,10-. The van der Waals surface area contributed by atoms with E-state index >= 15 is 0 Å². The number of hydrogen-bond donors (Lipinski definition) is 1. The van der Waals surface area contributed by atoms with E-state index in [2.05, 4.69) is 18.7 Å². The Hall–Kier alpha value is -0.0800. The molecule has 2 nitrogen and oxygen atoms in total. The first-order chi connectivity index (χ1) is 5.68. The normalized spacial score (nSPS) is 42.5. The molecule has 70 valence electrons. The maximum Gasteiger partial charge on any atom is 0.0120 e. The highest BCUT2D eigenvalue weighted by molar-refractivity contribution is 4.95. The summed E-state index contributed by atoms with van der Waals surface area (Å²) in [6, 6.07) is 1.22. The Bertz CT molecular complexity index is 153. The first kappa shape index (κ1) is 8.52. The second-order valence-electron chi connectivity index (χ2n) is 4.72. The van der Waals surface area contributed by atoms with E-state index in [0.717, 1.165) is 11.8 Å². The number of fused-ring (bicyclic) bond motifs is 2. The Morgan fingerprint density at radius 3 is 2.08 bits per heavy atom. The molecule has 0 amide bonds. The van der Waals surface area contributed by atoms with Crippen molar-refractivity contribution in [1.29, 1.82) is 0 Å². The first-order valence-electron chi connectivity index (χ1n) is 5.18. The van der Waals surface area contributed by atoms with Crippen molar-refractivity contribution in [2.75, 3.05) is 13.1 Å². The minimum atomic E-state index is 0.514. The molecule has 1 saturated heterocycles. The van der Waals surface area contributed by atoms with Gasteiger partial charge in [0.2, 0.25) is 0 Å². The van der Waals surface area contributed by atoms with E-state index < -0.39 is 0 Å². The van der Waals surface area contributed by atoms with Crippen LogP contribution in [0.5, 0.6) is 0 Å². The van der Waals surface area contributed by atoms with Gasteiger partial charge in [-0.1, -0.05) is 0 Å². The van der Waals surface area contributed by atoms with Gasteiger partial charge in [0.1, 0.15) is 0 Å². The van der Waals surface area contributed by atoms with Crippen LogP contribution >= 0.6 is 0 Å². The Morgan fingerprint density at radius 1 is 1.17 bits per heavy atom. The Kier molecular flexibility index (Phi) is 2.13. The molecule has 0 unspecified atom stereocenters. The van der Waals surface area contributed by atoms with Gasteiger partial charge in [0.15, 0.2) is 0 Å². The van der Waals surface area contributed by atoms with Crippen LogP contribution in [0.25, 0.3) is 0 Å². The van der Waals surface area contributed by atoms with Crippen molar-refractivity contribution < 1.29 is 0 Å². The molecule has 0 aromatic rings. The summed E-state index contributed by atoms with van der Waals surface area (Å²) >= 11 is 0. The largest absolute Gasteiger partial charge is 0.327 e. The summed E-state index contributed by atoms with van der Waals surface area (Å²) in [7, 11) is 0. The molecule has 0 spiro atoms. The van der Waals surface area contributed by atoms with Crippen LogP contribution in [0.2, 0.25) is 0 Å². The van der Waals surface area contributed by atoms with Crippen LogP contribution in [-0.2, 0) is 0 Å². The molecule has 2 rings (SSSR count). The molecule has 3 atom stereocenters. The van der Waals surface area contributed by atoms with Gasteiger partial charge in [-0.2, -0.15) is 0 Å². The van der Waals surface area contributed by atoms with E-state index in [1.165, 1.54) is 25.9 Å². The lowest BCUT2D eigenvalue weighted by molar-refractivity contribution is 0.117. The molecular formula is C10H20N2. The van der Waals surface area contributed by atoms with Crippen molar-refractivity contribution in [1.82, 2.24) is 4.90 Å². The molecule has 1 saturated carbocycles. The van der Waals surface area contributed by atoms with Crippen LogP contribution in [-0.4, -0.2) is 30.1 Å². The maximum atomic E-state index is 6.12. The van der Waals surface area contributed by atoms with Crippen molar-refractivity contribution in [3.8, 4) is 0 Å². The van der Waals surface area contributed by atoms with Gasteiger partial charge in [-0.25, -0.2) is 0 Å². The third kappa shape index (κ3) is 1.27. The molecule has 2 fully saturated rings. The van der Waals surface area contributed by atoms with Gasteiger partial charge in [-0.3, -0.25) is 0 Å². The Balaban J connectivity index is 2.02. The predicted molar refractivity (Wildman–Crippen MR) is 50.9 cm³/mol. The summed E-state index contributed by atoms with van der Waals surface area (Å²) in [4.78, 5) is 2.59. The van der Waals surface area contributed by atoms with Crippen LogP contribution in [0, 0.1) is 11.8 Å². The van der Waals surface area contributed by atoms with Crippen molar-refractivity contribution in [2.45, 2.75) is 38.8 Å². The second-order valence-corrected chi connectivity index (χ2v) is 4.72. The molecule has 1 heterocycles. The average Bonchev–Trinajstić information content (AvgIpc) is 2.30. The quantitative estimate of drug-likeness (QED) is 0.634. The smallest absolute Gasteiger partial charge is 0.0120 e. The minimum Gasteiger partial charge on any atom is -0.327 e. The molecule has 2 heteroatoms. The highest BCUT2D eigenvalue weighted by Crippen LogP contribution is 2.36. The molecule has 1 aliphatic heterocycles. The lowest BCUT2D eigenvalue weighted by Gasteiger charge is -2.38. The van der Waals surface area contributed by atoms with Crippen LogP contribution in [0.1, 0.15) is 26.7 Å². The van der Waals surface area contributed by atoms with Crippen molar-refractivity contribution in [2.24, 2.45) is 17.6 Å². The number of hydrogen-bond acceptors (Lipinski definition) is 2. The van der Waals surface area contributed by atoms with Crippen molar-refractivity contribution in [3.05, 3.63) is 0 Å². The van der Waals surface area contributed by atoms with E-state index in [9.17, 15) is 0 Å². The van der Waals surface area contributed by atoms with Crippen molar-refractivity contribution >= 4 is 0 Å². The molecule has 0 aromatic heterocycles. The predicted octanol–water partition coefficient (Wildman–Crippen LogP) is 1.06. The lowest BCUT2D eigenvalue weighted by Crippen LogP contribution is -2.50. The number of piperidine rings is 1. The second kappa shape index (κ2) is 3.00. The van der Waals surface area contributed by atoms with E-state index in [-0.39, 0.29) is 0 Å². The Morgan fingerprint density at radius 2 is 1.67 bits per heavy atom. The molecule has 2 N–H and O–H groups in total. The highest BCUT2D eigenvalue weighted by atomic mass is 15.2. The van der Waals surface area contributed by atoms with E-state index in [0.29, 0.717) is 12.1 Å². The molecule has 0 radical (unpaired) electrons. The molecule has 0 aromatic carbocycles. The fraction of sp³-hybridized carbons (Fsp3) is 1.00. The van der Waals surface area contributed by atoms with Crippen LogP contribution in [0.3, 0.4) is 0 Å². The van der Waals surface area contributed by atoms with Gasteiger partial charge in [0, 0.05) is 25.2 Å². The Labute approximate surface area is 75.1 Å². The highest BCUT2D eigenvalue weighted by Gasteiger charge is 2.40. The van der Waals surface area contributed by atoms with Gasteiger partial charge >= 0.3 is 0 Å². The third-order valence-corrected chi connectivity index (χ3v) is 3.67. The fourth-order valence-electron chi connectivity index (χ4n) is 2.72. The molecule has 1 aliphatic carbocycles. The summed E-state index contributed by atoms with van der Waals surface area (Å²) in [5.74, 6) is 1.59. The van der Waals surface area contributed by atoms with E-state index in [1.807, 2.05) is 0 Å². The third-order valence-electron chi connectivity index (χ3n) is 3.67. The van der Waals surface area contributed by atoms with E-state index in [4.69, 9.17) is 5.73 Å². The summed E-state index contributed by atoms with van der Waals surface area (Å²) < 4.78 is 0. The number of nitrogens with two attached hydrogens (primary N) is 1. The van der Waals surface area contributed by atoms with Gasteiger partial charge in [-0.15, -0.1) is 0 Å². The van der Waals surface area contributed by atoms with Gasteiger partial charge in [0.05, 0.1) is 0 Å². The number of nitrogens with zero attached hydrogens (tertiary/aromatic N) is 1. The fourth-order valence-corrected chi connectivity index (χ4v) is 2.72. The summed E-state index contributed by atoms with van der Waals surface area (Å²) in [5, 5.41) is 0. The van der Waals surface area contributed by atoms with E-state index in [1.54, 1.807) is 0 Å². The zero-order chi connectivity index (χ0) is 8.72. The topological polar surface area (TPSA) is 29.3 Å².